The van der Waals surface area contributed by atoms with E-state index in [4.69, 9.17) is 9.47 Å². The molecular formula is C17H26N2O3. The van der Waals surface area contributed by atoms with Gasteiger partial charge in [0.25, 0.3) is 5.91 Å². The molecule has 0 radical (unpaired) electrons. The molecule has 1 aliphatic rings. The summed E-state index contributed by atoms with van der Waals surface area (Å²) in [5.74, 6) is 0.804. The van der Waals surface area contributed by atoms with Gasteiger partial charge in [0.2, 0.25) is 5.88 Å². The Kier molecular flexibility index (Phi) is 5.77. The van der Waals surface area contributed by atoms with Crippen LogP contribution in [0.5, 0.6) is 5.88 Å². The number of nitrogens with one attached hydrogen (secondary N) is 1. The first kappa shape index (κ1) is 16.7. The molecule has 0 aromatic carbocycles. The second-order valence-electron chi connectivity index (χ2n) is 5.92. The van der Waals surface area contributed by atoms with Crippen LogP contribution in [0.3, 0.4) is 0 Å². The Morgan fingerprint density at radius 1 is 1.32 bits per heavy atom. The highest BCUT2D eigenvalue weighted by molar-refractivity contribution is 5.97. The Hall–Kier alpha value is -1.62. The van der Waals surface area contributed by atoms with Crippen molar-refractivity contribution in [3.63, 3.8) is 0 Å². The summed E-state index contributed by atoms with van der Waals surface area (Å²) in [5.41, 5.74) is -0.0752. The van der Waals surface area contributed by atoms with Crippen LogP contribution in [0.1, 0.15) is 46.5 Å². The van der Waals surface area contributed by atoms with Crippen molar-refractivity contribution in [2.45, 2.75) is 52.1 Å². The van der Waals surface area contributed by atoms with Gasteiger partial charge in [-0.15, -0.1) is 0 Å². The number of carbonyl (C=O) groups excluding carboxylic acids is 1. The highest BCUT2D eigenvalue weighted by atomic mass is 16.5. The van der Waals surface area contributed by atoms with E-state index in [2.05, 4.69) is 10.3 Å². The maximum absolute atomic E-state index is 12.6. The van der Waals surface area contributed by atoms with Crippen LogP contribution in [0, 0.1) is 5.92 Å². The summed E-state index contributed by atoms with van der Waals surface area (Å²) in [6.45, 7) is 7.22. The van der Waals surface area contributed by atoms with Gasteiger partial charge in [-0.1, -0.05) is 13.8 Å². The summed E-state index contributed by atoms with van der Waals surface area (Å²) < 4.78 is 11.3. The molecule has 22 heavy (non-hydrogen) atoms. The second kappa shape index (κ2) is 7.58. The van der Waals surface area contributed by atoms with Crippen molar-refractivity contribution >= 4 is 11.6 Å². The van der Waals surface area contributed by atoms with Crippen LogP contribution in [0.15, 0.2) is 18.3 Å². The van der Waals surface area contributed by atoms with Gasteiger partial charge in [0.15, 0.2) is 0 Å². The summed E-state index contributed by atoms with van der Waals surface area (Å²) in [7, 11) is 0. The normalized spacial score (nSPS) is 16.9. The Morgan fingerprint density at radius 3 is 2.59 bits per heavy atom. The van der Waals surface area contributed by atoms with Gasteiger partial charge in [0, 0.05) is 12.7 Å². The van der Waals surface area contributed by atoms with Crippen LogP contribution < -0.4 is 10.1 Å². The van der Waals surface area contributed by atoms with Crippen LogP contribution in [0.2, 0.25) is 0 Å². The van der Waals surface area contributed by atoms with Crippen molar-refractivity contribution in [2.75, 3.05) is 18.5 Å². The van der Waals surface area contributed by atoms with Gasteiger partial charge in [-0.25, -0.2) is 4.98 Å². The van der Waals surface area contributed by atoms with Gasteiger partial charge in [-0.05, 0) is 44.6 Å². The number of carbonyl (C=O) groups is 1. The number of hydrogen-bond acceptors (Lipinski definition) is 4. The third kappa shape index (κ3) is 4.19. The Morgan fingerprint density at radius 2 is 2.05 bits per heavy atom. The van der Waals surface area contributed by atoms with E-state index < -0.39 is 5.60 Å². The van der Waals surface area contributed by atoms with Crippen molar-refractivity contribution in [2.24, 2.45) is 5.92 Å². The number of hydrogen-bond donors (Lipinski definition) is 1. The molecule has 0 spiro atoms. The van der Waals surface area contributed by atoms with Crippen LogP contribution in [0.4, 0.5) is 5.69 Å². The fourth-order valence-corrected chi connectivity index (χ4v) is 2.32. The quantitative estimate of drug-likeness (QED) is 0.759. The molecule has 1 aromatic rings. The third-order valence-electron chi connectivity index (χ3n) is 3.86. The monoisotopic (exact) mass is 306 g/mol. The number of anilines is 1. The SMILES string of the molecule is CCCOc1ccc(NC(=O)[C@](C)(OCCC)C2CC2)cn1. The molecule has 2 rings (SSSR count). The highest BCUT2D eigenvalue weighted by Crippen LogP contribution is 2.42. The number of aromatic nitrogens is 1. The maximum atomic E-state index is 12.6. The molecule has 1 aliphatic carbocycles. The third-order valence-corrected chi connectivity index (χ3v) is 3.86. The van der Waals surface area contributed by atoms with E-state index in [1.807, 2.05) is 26.8 Å². The molecule has 1 heterocycles. The Balaban J connectivity index is 1.97. The molecule has 1 N–H and O–H groups in total. The number of nitrogens with zero attached hydrogens (tertiary/aromatic N) is 1. The molecular weight excluding hydrogens is 280 g/mol. The maximum Gasteiger partial charge on any atom is 0.256 e. The molecule has 1 fully saturated rings. The second-order valence-corrected chi connectivity index (χ2v) is 5.92. The number of amides is 1. The van der Waals surface area contributed by atoms with E-state index in [-0.39, 0.29) is 5.91 Å². The fraction of sp³-hybridized carbons (Fsp3) is 0.647. The lowest BCUT2D eigenvalue weighted by Crippen LogP contribution is -2.45. The van der Waals surface area contributed by atoms with Crippen LogP contribution >= 0.6 is 0 Å². The Bertz CT molecular complexity index is 485. The smallest absolute Gasteiger partial charge is 0.256 e. The van der Waals surface area contributed by atoms with Gasteiger partial charge >= 0.3 is 0 Å². The molecule has 0 aliphatic heterocycles. The summed E-state index contributed by atoms with van der Waals surface area (Å²) in [6.07, 6.45) is 5.57. The van der Waals surface area contributed by atoms with Crippen molar-refractivity contribution in [3.8, 4) is 5.88 Å². The average Bonchev–Trinajstić information content (AvgIpc) is 3.37. The zero-order chi connectivity index (χ0) is 16.0. The molecule has 122 valence electrons. The van der Waals surface area contributed by atoms with Gasteiger partial charge in [0.1, 0.15) is 5.60 Å². The predicted molar refractivity (Wildman–Crippen MR) is 86.0 cm³/mol. The first-order chi connectivity index (χ1) is 10.6. The summed E-state index contributed by atoms with van der Waals surface area (Å²) in [4.78, 5) is 16.8. The minimum Gasteiger partial charge on any atom is -0.478 e. The zero-order valence-corrected chi connectivity index (χ0v) is 13.7. The van der Waals surface area contributed by atoms with Crippen LogP contribution in [-0.2, 0) is 9.53 Å². The molecule has 1 saturated carbocycles. The predicted octanol–water partition coefficient (Wildman–Crippen LogP) is 3.40. The van der Waals surface area contributed by atoms with Crippen LogP contribution in [0.25, 0.3) is 0 Å². The molecule has 1 amide bonds. The van der Waals surface area contributed by atoms with Crippen molar-refractivity contribution in [3.05, 3.63) is 18.3 Å². The lowest BCUT2D eigenvalue weighted by Gasteiger charge is -2.28. The lowest BCUT2D eigenvalue weighted by molar-refractivity contribution is -0.142. The summed E-state index contributed by atoms with van der Waals surface area (Å²) in [6, 6.07) is 3.58. The van der Waals surface area contributed by atoms with Gasteiger partial charge in [-0.3, -0.25) is 4.79 Å². The van der Waals surface area contributed by atoms with Crippen LogP contribution in [-0.4, -0.2) is 29.7 Å². The highest BCUT2D eigenvalue weighted by Gasteiger charge is 2.48. The number of pyridine rings is 1. The molecule has 0 unspecified atom stereocenters. The van der Waals surface area contributed by atoms with Crippen molar-refractivity contribution < 1.29 is 14.3 Å². The Labute approximate surface area is 132 Å². The fourth-order valence-electron chi connectivity index (χ4n) is 2.32. The molecule has 0 bridgehead atoms. The van der Waals surface area contributed by atoms with Gasteiger partial charge in [-0.2, -0.15) is 0 Å². The largest absolute Gasteiger partial charge is 0.478 e. The minimum absolute atomic E-state index is 0.0903. The van der Waals surface area contributed by atoms with E-state index in [0.29, 0.717) is 30.7 Å². The number of ether oxygens (including phenoxy) is 2. The van der Waals surface area contributed by atoms with Crippen molar-refractivity contribution in [1.82, 2.24) is 4.98 Å². The zero-order valence-electron chi connectivity index (χ0n) is 13.7. The molecule has 0 saturated heterocycles. The average molecular weight is 306 g/mol. The first-order valence-electron chi connectivity index (χ1n) is 8.14. The topological polar surface area (TPSA) is 60.5 Å². The first-order valence-corrected chi connectivity index (χ1v) is 8.14. The molecule has 1 aromatic heterocycles. The van der Waals surface area contributed by atoms with E-state index in [9.17, 15) is 4.79 Å². The molecule has 1 atom stereocenters. The van der Waals surface area contributed by atoms with E-state index >= 15 is 0 Å². The summed E-state index contributed by atoms with van der Waals surface area (Å²) in [5, 5.41) is 2.91. The lowest BCUT2D eigenvalue weighted by atomic mass is 9.99. The number of rotatable bonds is 9. The molecule has 5 nitrogen and oxygen atoms in total. The van der Waals surface area contributed by atoms with E-state index in [1.54, 1.807) is 12.3 Å². The van der Waals surface area contributed by atoms with E-state index in [1.165, 1.54) is 0 Å². The van der Waals surface area contributed by atoms with E-state index in [0.717, 1.165) is 25.7 Å². The standard InChI is InChI=1S/C17H26N2O3/c1-4-10-21-15-9-8-14(12-18-15)19-16(20)17(3,13-6-7-13)22-11-5-2/h8-9,12-13H,4-7,10-11H2,1-3H3,(H,19,20)/t17-/m1/s1. The summed E-state index contributed by atoms with van der Waals surface area (Å²) >= 11 is 0. The van der Waals surface area contributed by atoms with Gasteiger partial charge < -0.3 is 14.8 Å². The molecule has 5 heteroatoms. The minimum atomic E-state index is -0.743. The van der Waals surface area contributed by atoms with Crippen molar-refractivity contribution in [1.29, 1.82) is 0 Å². The van der Waals surface area contributed by atoms with Gasteiger partial charge in [0.05, 0.1) is 18.5 Å².